The Morgan fingerprint density at radius 3 is 2.94 bits per heavy atom. The van der Waals surface area contributed by atoms with Gasteiger partial charge in [0.2, 0.25) is 0 Å². The molecule has 0 radical (unpaired) electrons. The monoisotopic (exact) mass is 216 g/mol. The lowest BCUT2D eigenvalue weighted by Gasteiger charge is -1.97. The van der Waals surface area contributed by atoms with Crippen LogP contribution in [-0.2, 0) is 7.05 Å². The van der Waals surface area contributed by atoms with E-state index in [1.165, 1.54) is 6.07 Å². The van der Waals surface area contributed by atoms with Crippen LogP contribution in [0, 0.1) is 5.82 Å². The summed E-state index contributed by atoms with van der Waals surface area (Å²) in [5.74, 6) is -0.310. The van der Waals surface area contributed by atoms with E-state index in [-0.39, 0.29) is 11.4 Å². The average Bonchev–Trinajstić information content (AvgIpc) is 2.56. The molecule has 0 bridgehead atoms. The molecule has 0 fully saturated rings. The average molecular weight is 216 g/mol. The zero-order valence-electron chi connectivity index (χ0n) is 8.62. The first kappa shape index (κ1) is 9.15. The van der Waals surface area contributed by atoms with Gasteiger partial charge >= 0.3 is 0 Å². The number of aromatic nitrogens is 2. The highest BCUT2D eigenvalue weighted by Gasteiger charge is 2.13. The summed E-state index contributed by atoms with van der Waals surface area (Å²) in [6.45, 7) is 0. The van der Waals surface area contributed by atoms with E-state index in [4.69, 9.17) is 0 Å². The quantitative estimate of drug-likeness (QED) is 0.614. The van der Waals surface area contributed by atoms with Crippen LogP contribution in [-0.4, -0.2) is 9.55 Å². The Bertz CT molecular complexity index is 755. The van der Waals surface area contributed by atoms with E-state index in [1.807, 2.05) is 0 Å². The molecule has 0 saturated heterocycles. The molecule has 0 aliphatic rings. The van der Waals surface area contributed by atoms with Crippen molar-refractivity contribution in [3.05, 3.63) is 46.6 Å². The molecule has 3 rings (SSSR count). The van der Waals surface area contributed by atoms with Gasteiger partial charge in [0.1, 0.15) is 5.82 Å². The van der Waals surface area contributed by atoms with Crippen LogP contribution in [0.3, 0.4) is 0 Å². The number of benzene rings is 1. The number of fused-ring (bicyclic) bond motifs is 3. The maximum atomic E-state index is 13.7. The lowest BCUT2D eigenvalue weighted by atomic mass is 10.2. The molecule has 2 heterocycles. The Morgan fingerprint density at radius 2 is 2.12 bits per heavy atom. The van der Waals surface area contributed by atoms with E-state index in [1.54, 1.807) is 36.0 Å². The van der Waals surface area contributed by atoms with Gasteiger partial charge < -0.3 is 9.55 Å². The van der Waals surface area contributed by atoms with Crippen molar-refractivity contribution in [1.82, 2.24) is 9.55 Å². The summed E-state index contributed by atoms with van der Waals surface area (Å²) in [4.78, 5) is 14.3. The summed E-state index contributed by atoms with van der Waals surface area (Å²) in [6.07, 6.45) is 1.57. The van der Waals surface area contributed by atoms with Crippen molar-refractivity contribution < 1.29 is 4.39 Å². The number of rotatable bonds is 0. The minimum atomic E-state index is -0.310. The molecule has 0 saturated carbocycles. The highest BCUT2D eigenvalue weighted by Crippen LogP contribution is 2.26. The number of hydrogen-bond acceptors (Lipinski definition) is 1. The number of para-hydroxylation sites is 1. The molecule has 3 aromatic rings. The zero-order valence-corrected chi connectivity index (χ0v) is 8.62. The summed E-state index contributed by atoms with van der Waals surface area (Å²) in [7, 11) is 1.76. The molecule has 0 atom stereocenters. The van der Waals surface area contributed by atoms with Gasteiger partial charge in [0, 0.05) is 18.6 Å². The largest absolute Gasteiger partial charge is 0.341 e. The van der Waals surface area contributed by atoms with Gasteiger partial charge in [-0.2, -0.15) is 0 Å². The molecule has 4 heteroatoms. The van der Waals surface area contributed by atoms with Crippen molar-refractivity contribution in [2.45, 2.75) is 0 Å². The van der Waals surface area contributed by atoms with Gasteiger partial charge in [0.15, 0.2) is 0 Å². The lowest BCUT2D eigenvalue weighted by Crippen LogP contribution is -2.03. The van der Waals surface area contributed by atoms with Gasteiger partial charge in [-0.1, -0.05) is 12.1 Å². The fourth-order valence-electron chi connectivity index (χ4n) is 2.19. The van der Waals surface area contributed by atoms with E-state index >= 15 is 0 Å². The summed E-state index contributed by atoms with van der Waals surface area (Å²) >= 11 is 0. The van der Waals surface area contributed by atoms with E-state index < -0.39 is 0 Å². The summed E-state index contributed by atoms with van der Waals surface area (Å²) in [6, 6.07) is 6.55. The van der Waals surface area contributed by atoms with Crippen molar-refractivity contribution >= 4 is 21.8 Å². The predicted molar refractivity (Wildman–Crippen MR) is 61.0 cm³/mol. The molecule has 1 aromatic carbocycles. The molecule has 3 nitrogen and oxygen atoms in total. The third kappa shape index (κ3) is 0.984. The molecule has 0 aliphatic heterocycles. The SMILES string of the molecule is Cn1c2cc[nH]c(=O)c2c2cccc(F)c21. The van der Waals surface area contributed by atoms with Crippen molar-refractivity contribution in [2.75, 3.05) is 0 Å². The lowest BCUT2D eigenvalue weighted by molar-refractivity contribution is 0.633. The molecule has 1 N–H and O–H groups in total. The Balaban J connectivity index is 2.77. The van der Waals surface area contributed by atoms with Crippen molar-refractivity contribution in [1.29, 1.82) is 0 Å². The van der Waals surface area contributed by atoms with Crippen LogP contribution in [0.25, 0.3) is 21.8 Å². The first-order valence-electron chi connectivity index (χ1n) is 4.94. The van der Waals surface area contributed by atoms with Gasteiger partial charge in [0.05, 0.1) is 16.4 Å². The topological polar surface area (TPSA) is 37.8 Å². The molecular weight excluding hydrogens is 207 g/mol. The molecule has 0 aliphatic carbocycles. The number of nitrogens with one attached hydrogen (secondary N) is 1. The minimum absolute atomic E-state index is 0.186. The Hall–Kier alpha value is -2.10. The number of hydrogen-bond donors (Lipinski definition) is 1. The smallest absolute Gasteiger partial charge is 0.258 e. The number of aryl methyl sites for hydroxylation is 1. The molecule has 0 spiro atoms. The molecule has 0 unspecified atom stereocenters. The first-order chi connectivity index (χ1) is 7.70. The Morgan fingerprint density at radius 1 is 1.31 bits per heavy atom. The molecular formula is C12H9FN2O. The third-order valence-electron chi connectivity index (χ3n) is 2.89. The number of halogens is 1. The summed E-state index contributed by atoms with van der Waals surface area (Å²) in [5, 5.41) is 1.19. The third-order valence-corrected chi connectivity index (χ3v) is 2.89. The van der Waals surface area contributed by atoms with Crippen molar-refractivity contribution in [2.24, 2.45) is 7.05 Å². The second-order valence-corrected chi connectivity index (χ2v) is 3.76. The highest BCUT2D eigenvalue weighted by molar-refractivity contribution is 6.07. The highest BCUT2D eigenvalue weighted by atomic mass is 19.1. The normalized spacial score (nSPS) is 11.4. The zero-order chi connectivity index (χ0) is 11.3. The van der Waals surface area contributed by atoms with Crippen LogP contribution in [0.1, 0.15) is 0 Å². The van der Waals surface area contributed by atoms with Gasteiger partial charge in [-0.3, -0.25) is 4.79 Å². The van der Waals surface area contributed by atoms with Crippen LogP contribution in [0.15, 0.2) is 35.3 Å². The van der Waals surface area contributed by atoms with E-state index in [2.05, 4.69) is 4.98 Å². The number of pyridine rings is 1. The fourth-order valence-corrected chi connectivity index (χ4v) is 2.19. The molecule has 0 amide bonds. The Kier molecular flexibility index (Phi) is 1.68. The van der Waals surface area contributed by atoms with Crippen LogP contribution in [0.5, 0.6) is 0 Å². The molecule has 80 valence electrons. The second kappa shape index (κ2) is 2.95. The van der Waals surface area contributed by atoms with Crippen molar-refractivity contribution in [3.8, 4) is 0 Å². The standard InChI is InChI=1S/C12H9FN2O/c1-15-9-5-6-14-12(16)10(9)7-3-2-4-8(13)11(7)15/h2-6H,1H3,(H,14,16). The van der Waals surface area contributed by atoms with Gasteiger partial charge in [-0.15, -0.1) is 0 Å². The Labute approximate surface area is 90.1 Å². The van der Waals surface area contributed by atoms with Gasteiger partial charge in [-0.05, 0) is 12.1 Å². The van der Waals surface area contributed by atoms with Crippen LogP contribution >= 0.6 is 0 Å². The van der Waals surface area contributed by atoms with E-state index in [9.17, 15) is 9.18 Å². The number of nitrogens with zero attached hydrogens (tertiary/aromatic N) is 1. The van der Waals surface area contributed by atoms with Crippen LogP contribution < -0.4 is 5.56 Å². The molecule has 16 heavy (non-hydrogen) atoms. The number of H-pyrrole nitrogens is 1. The van der Waals surface area contributed by atoms with Crippen LogP contribution in [0.2, 0.25) is 0 Å². The van der Waals surface area contributed by atoms with E-state index in [0.29, 0.717) is 16.3 Å². The second-order valence-electron chi connectivity index (χ2n) is 3.76. The van der Waals surface area contributed by atoms with Crippen LogP contribution in [0.4, 0.5) is 4.39 Å². The molecule has 2 aromatic heterocycles. The first-order valence-corrected chi connectivity index (χ1v) is 4.94. The van der Waals surface area contributed by atoms with Crippen molar-refractivity contribution in [3.63, 3.8) is 0 Å². The maximum absolute atomic E-state index is 13.7. The number of aromatic amines is 1. The van der Waals surface area contributed by atoms with Gasteiger partial charge in [-0.25, -0.2) is 4.39 Å². The maximum Gasteiger partial charge on any atom is 0.258 e. The summed E-state index contributed by atoms with van der Waals surface area (Å²) < 4.78 is 15.4. The van der Waals surface area contributed by atoms with Gasteiger partial charge in [0.25, 0.3) is 5.56 Å². The minimum Gasteiger partial charge on any atom is -0.341 e. The van der Waals surface area contributed by atoms with E-state index in [0.717, 1.165) is 5.52 Å². The predicted octanol–water partition coefficient (Wildman–Crippen LogP) is 2.16. The summed E-state index contributed by atoms with van der Waals surface area (Å²) in [5.41, 5.74) is 1.02. The fraction of sp³-hybridized carbons (Fsp3) is 0.0833.